The predicted octanol–water partition coefficient (Wildman–Crippen LogP) is -0.200. The van der Waals surface area contributed by atoms with E-state index >= 15 is 0 Å². The molecule has 2 saturated heterocycles. The summed E-state index contributed by atoms with van der Waals surface area (Å²) in [7, 11) is 1.81. The van der Waals surface area contributed by atoms with Crippen molar-refractivity contribution in [2.75, 3.05) is 26.7 Å². The van der Waals surface area contributed by atoms with Gasteiger partial charge in [0.1, 0.15) is 6.61 Å². The molecule has 0 bridgehead atoms. The Bertz CT molecular complexity index is 187. The standard InChI is InChI=1S/C7H12N2O2/c1-9-6(10)11-5-7(9)2-3-8-4-7/h8H,2-5H2,1H3. The SMILES string of the molecule is CN1C(=O)OCC12CCNC2. The van der Waals surface area contributed by atoms with E-state index < -0.39 is 0 Å². The zero-order chi connectivity index (χ0) is 7.90. The van der Waals surface area contributed by atoms with Gasteiger partial charge in [-0.15, -0.1) is 0 Å². The molecular weight excluding hydrogens is 144 g/mol. The van der Waals surface area contributed by atoms with Crippen LogP contribution < -0.4 is 5.32 Å². The zero-order valence-electron chi connectivity index (χ0n) is 6.59. The number of carbonyl (C=O) groups excluding carboxylic acids is 1. The maximum atomic E-state index is 11.0. The molecule has 1 N–H and O–H groups in total. The van der Waals surface area contributed by atoms with Gasteiger partial charge in [-0.1, -0.05) is 0 Å². The quantitative estimate of drug-likeness (QED) is 0.528. The monoisotopic (exact) mass is 156 g/mol. The molecule has 4 heteroatoms. The molecule has 4 nitrogen and oxygen atoms in total. The number of carbonyl (C=O) groups is 1. The Morgan fingerprint density at radius 3 is 3.00 bits per heavy atom. The molecule has 0 aromatic rings. The molecular formula is C7H12N2O2. The highest BCUT2D eigenvalue weighted by molar-refractivity contribution is 5.71. The highest BCUT2D eigenvalue weighted by atomic mass is 16.6. The van der Waals surface area contributed by atoms with Crippen molar-refractivity contribution in [3.63, 3.8) is 0 Å². The molecule has 0 saturated carbocycles. The van der Waals surface area contributed by atoms with Crippen LogP contribution >= 0.6 is 0 Å². The molecule has 0 aliphatic carbocycles. The summed E-state index contributed by atoms with van der Waals surface area (Å²) >= 11 is 0. The highest BCUT2D eigenvalue weighted by Gasteiger charge is 2.46. The van der Waals surface area contributed by atoms with Gasteiger partial charge in [0.05, 0.1) is 5.54 Å². The van der Waals surface area contributed by atoms with E-state index in [1.165, 1.54) is 0 Å². The lowest BCUT2D eigenvalue weighted by atomic mass is 10.00. The van der Waals surface area contributed by atoms with Gasteiger partial charge in [0, 0.05) is 13.6 Å². The largest absolute Gasteiger partial charge is 0.447 e. The maximum absolute atomic E-state index is 11.0. The first-order valence-corrected chi connectivity index (χ1v) is 3.86. The molecule has 1 spiro atoms. The second-order valence-electron chi connectivity index (χ2n) is 3.26. The normalized spacial score (nSPS) is 36.8. The van der Waals surface area contributed by atoms with Crippen LogP contribution in [0.1, 0.15) is 6.42 Å². The van der Waals surface area contributed by atoms with Gasteiger partial charge in [0.2, 0.25) is 0 Å². The summed E-state index contributed by atoms with van der Waals surface area (Å²) in [5.74, 6) is 0. The number of nitrogens with zero attached hydrogens (tertiary/aromatic N) is 1. The van der Waals surface area contributed by atoms with Crippen LogP contribution in [0.2, 0.25) is 0 Å². The molecule has 0 aromatic carbocycles. The van der Waals surface area contributed by atoms with Gasteiger partial charge in [0.15, 0.2) is 0 Å². The number of hydrogen-bond acceptors (Lipinski definition) is 3. The Kier molecular flexibility index (Phi) is 1.32. The van der Waals surface area contributed by atoms with Gasteiger partial charge >= 0.3 is 6.09 Å². The van der Waals surface area contributed by atoms with Crippen molar-refractivity contribution in [3.8, 4) is 0 Å². The molecule has 11 heavy (non-hydrogen) atoms. The number of nitrogens with one attached hydrogen (secondary N) is 1. The number of hydrogen-bond donors (Lipinski definition) is 1. The Morgan fingerprint density at radius 1 is 1.73 bits per heavy atom. The first kappa shape index (κ1) is 6.91. The van der Waals surface area contributed by atoms with E-state index in [1.807, 2.05) is 7.05 Å². The molecule has 2 heterocycles. The first-order chi connectivity index (χ1) is 5.25. The predicted molar refractivity (Wildman–Crippen MR) is 39.3 cm³/mol. The minimum absolute atomic E-state index is 0.0307. The molecule has 1 unspecified atom stereocenters. The number of cyclic esters (lactones) is 1. The molecule has 0 aromatic heterocycles. The number of ether oxygens (including phenoxy) is 1. The Labute approximate surface area is 65.5 Å². The molecule has 2 fully saturated rings. The van der Waals surface area contributed by atoms with E-state index in [0.29, 0.717) is 6.61 Å². The van der Waals surface area contributed by atoms with Crippen LogP contribution in [0.3, 0.4) is 0 Å². The molecule has 62 valence electrons. The lowest BCUT2D eigenvalue weighted by Crippen LogP contribution is -2.46. The molecule has 1 amide bonds. The third-order valence-electron chi connectivity index (χ3n) is 2.67. The van der Waals surface area contributed by atoms with E-state index in [9.17, 15) is 4.79 Å². The van der Waals surface area contributed by atoms with Crippen molar-refractivity contribution in [3.05, 3.63) is 0 Å². The van der Waals surface area contributed by atoms with Crippen LogP contribution in [0.4, 0.5) is 4.79 Å². The van der Waals surface area contributed by atoms with Gasteiger partial charge in [0.25, 0.3) is 0 Å². The number of amides is 1. The fraction of sp³-hybridized carbons (Fsp3) is 0.857. The first-order valence-electron chi connectivity index (χ1n) is 3.86. The van der Waals surface area contributed by atoms with Crippen LogP contribution in [0.5, 0.6) is 0 Å². The van der Waals surface area contributed by atoms with Crippen molar-refractivity contribution in [2.45, 2.75) is 12.0 Å². The van der Waals surface area contributed by atoms with Crippen LogP contribution in [-0.2, 0) is 4.74 Å². The summed E-state index contributed by atoms with van der Waals surface area (Å²) in [6.07, 6.45) is 0.823. The van der Waals surface area contributed by atoms with E-state index in [-0.39, 0.29) is 11.6 Å². The molecule has 2 aliphatic rings. The molecule has 2 aliphatic heterocycles. The van der Waals surface area contributed by atoms with Crippen LogP contribution in [0.25, 0.3) is 0 Å². The van der Waals surface area contributed by atoms with Crippen molar-refractivity contribution < 1.29 is 9.53 Å². The summed E-state index contributed by atoms with van der Waals surface area (Å²) in [5.41, 5.74) is -0.0307. The van der Waals surface area contributed by atoms with Gasteiger partial charge < -0.3 is 15.0 Å². The minimum atomic E-state index is -0.186. The third-order valence-corrected chi connectivity index (χ3v) is 2.67. The third kappa shape index (κ3) is 0.822. The molecule has 0 radical (unpaired) electrons. The van der Waals surface area contributed by atoms with Crippen molar-refractivity contribution in [2.24, 2.45) is 0 Å². The van der Waals surface area contributed by atoms with Gasteiger partial charge in [-0.2, -0.15) is 0 Å². The van der Waals surface area contributed by atoms with Crippen LogP contribution in [0, 0.1) is 0 Å². The summed E-state index contributed by atoms with van der Waals surface area (Å²) in [6, 6.07) is 0. The topological polar surface area (TPSA) is 41.6 Å². The van der Waals surface area contributed by atoms with Gasteiger partial charge in [-0.05, 0) is 13.0 Å². The summed E-state index contributed by atoms with van der Waals surface area (Å²) in [6.45, 7) is 2.41. The maximum Gasteiger partial charge on any atom is 0.410 e. The average Bonchev–Trinajstić information content (AvgIpc) is 2.56. The van der Waals surface area contributed by atoms with E-state index in [2.05, 4.69) is 5.32 Å². The fourth-order valence-electron chi connectivity index (χ4n) is 1.72. The Hall–Kier alpha value is -0.770. The molecule has 1 atom stereocenters. The van der Waals surface area contributed by atoms with Gasteiger partial charge in [-0.25, -0.2) is 4.79 Å². The minimum Gasteiger partial charge on any atom is -0.447 e. The molecule has 2 rings (SSSR count). The fourth-order valence-corrected chi connectivity index (χ4v) is 1.72. The van der Waals surface area contributed by atoms with Crippen LogP contribution in [0.15, 0.2) is 0 Å². The zero-order valence-corrected chi connectivity index (χ0v) is 6.59. The van der Waals surface area contributed by atoms with E-state index in [0.717, 1.165) is 19.5 Å². The van der Waals surface area contributed by atoms with Gasteiger partial charge in [-0.3, -0.25) is 0 Å². The highest BCUT2D eigenvalue weighted by Crippen LogP contribution is 2.28. The summed E-state index contributed by atoms with van der Waals surface area (Å²) in [4.78, 5) is 12.7. The van der Waals surface area contributed by atoms with Crippen molar-refractivity contribution >= 4 is 6.09 Å². The smallest absolute Gasteiger partial charge is 0.410 e. The second-order valence-corrected chi connectivity index (χ2v) is 3.26. The second kappa shape index (κ2) is 2.11. The van der Waals surface area contributed by atoms with E-state index in [4.69, 9.17) is 4.74 Å². The van der Waals surface area contributed by atoms with Crippen molar-refractivity contribution in [1.29, 1.82) is 0 Å². The van der Waals surface area contributed by atoms with E-state index in [1.54, 1.807) is 4.90 Å². The number of rotatable bonds is 0. The number of likely N-dealkylation sites (N-methyl/N-ethyl adjacent to an activating group) is 1. The van der Waals surface area contributed by atoms with Crippen molar-refractivity contribution in [1.82, 2.24) is 10.2 Å². The average molecular weight is 156 g/mol. The lowest BCUT2D eigenvalue weighted by Gasteiger charge is -2.26. The Balaban J connectivity index is 2.19. The summed E-state index contributed by atoms with van der Waals surface area (Å²) in [5, 5.41) is 3.23. The Morgan fingerprint density at radius 2 is 2.55 bits per heavy atom. The lowest BCUT2D eigenvalue weighted by molar-refractivity contribution is 0.162. The van der Waals surface area contributed by atoms with Crippen LogP contribution in [-0.4, -0.2) is 43.3 Å². The summed E-state index contributed by atoms with van der Waals surface area (Å²) < 4.78 is 4.95.